The van der Waals surface area contributed by atoms with Gasteiger partial charge in [0.15, 0.2) is 0 Å². The summed E-state index contributed by atoms with van der Waals surface area (Å²) in [6, 6.07) is 14.5. The Morgan fingerprint density at radius 3 is 1.19 bits per heavy atom. The van der Waals surface area contributed by atoms with Gasteiger partial charge in [0.05, 0.1) is 22.8 Å². The molecule has 0 aliphatic heterocycles. The molecule has 3 heteroatoms. The summed E-state index contributed by atoms with van der Waals surface area (Å²) in [6.45, 7) is 13.8. The topological polar surface area (TPSA) is 24.7 Å². The second-order valence-corrected chi connectivity index (χ2v) is 15.7. The smallest absolute Gasteiger partial charge is 0.0848 e. The van der Waals surface area contributed by atoms with E-state index in [0.717, 1.165) is 74.2 Å². The molecule has 0 amide bonds. The van der Waals surface area contributed by atoms with Crippen molar-refractivity contribution in [1.82, 2.24) is 0 Å². The summed E-state index contributed by atoms with van der Waals surface area (Å²) < 4.78 is 0. The predicted molar refractivity (Wildman–Crippen MR) is 236 cm³/mol. The van der Waals surface area contributed by atoms with Crippen molar-refractivity contribution in [2.75, 3.05) is 0 Å². The van der Waals surface area contributed by atoms with Crippen LogP contribution in [0.15, 0.2) is 58.5 Å². The average molecular weight is 770 g/mol. The number of hydrogen-bond donors (Lipinski definition) is 0. The maximum atomic E-state index is 5.54. The fraction of sp³-hybridized carbons (Fsp3) is 0.680. The van der Waals surface area contributed by atoms with Gasteiger partial charge in [-0.05, 0) is 130 Å². The van der Waals surface area contributed by atoms with Gasteiger partial charge in [-0.15, -0.1) is 0 Å². The molecule has 0 spiro atoms. The van der Waals surface area contributed by atoms with Gasteiger partial charge in [0, 0.05) is 16.5 Å². The number of aryl methyl sites for hydroxylation is 4. The molecule has 0 aliphatic rings. The predicted octanol–water partition coefficient (Wildman–Crippen LogP) is 16.7. The molecule has 0 aromatic heterocycles. The second kappa shape index (κ2) is 33.4. The first-order valence-corrected chi connectivity index (χ1v) is 22.6. The third-order valence-corrected chi connectivity index (χ3v) is 10.4. The van der Waals surface area contributed by atoms with Gasteiger partial charge in [-0.3, -0.25) is 4.99 Å². The maximum absolute atomic E-state index is 5.54. The Balaban J connectivity index is 0.0000140. The number of aliphatic imine (C=N–C) groups is 2. The van der Waals surface area contributed by atoms with Crippen molar-refractivity contribution in [3.8, 4) is 0 Å². The van der Waals surface area contributed by atoms with Crippen molar-refractivity contribution in [3.05, 3.63) is 70.8 Å². The van der Waals surface area contributed by atoms with E-state index in [2.05, 4.69) is 90.1 Å². The van der Waals surface area contributed by atoms with E-state index in [4.69, 9.17) is 9.98 Å². The second-order valence-electron chi connectivity index (χ2n) is 15.7. The Hall–Kier alpha value is -1.99. The van der Waals surface area contributed by atoms with Gasteiger partial charge < -0.3 is 0 Å². The third kappa shape index (κ3) is 23.5. The summed E-state index contributed by atoms with van der Waals surface area (Å²) in [5, 5.41) is 0. The Kier molecular flexibility index (Phi) is 30.9. The Labute approximate surface area is 340 Å². The van der Waals surface area contributed by atoms with Gasteiger partial charge in [0.2, 0.25) is 0 Å². The van der Waals surface area contributed by atoms with Crippen molar-refractivity contribution >= 4 is 22.8 Å². The Morgan fingerprint density at radius 1 is 0.415 bits per heavy atom. The number of benzene rings is 2. The SMILES string of the molecule is CCCCCCCCCCC=CC(=Nc1cc(CCCCC)cc(CCCCC)c1)C(CCCC)=Nc1cc(CCCCC)cc(CCCCC)c1.[Ni]. The van der Waals surface area contributed by atoms with Crippen LogP contribution in [-0.4, -0.2) is 11.4 Å². The van der Waals surface area contributed by atoms with E-state index in [1.807, 2.05) is 0 Å². The summed E-state index contributed by atoms with van der Waals surface area (Å²) in [6.07, 6.45) is 39.7. The number of rotatable bonds is 32. The van der Waals surface area contributed by atoms with E-state index >= 15 is 0 Å². The van der Waals surface area contributed by atoms with Gasteiger partial charge >= 0.3 is 0 Å². The summed E-state index contributed by atoms with van der Waals surface area (Å²) in [5.74, 6) is 0. The van der Waals surface area contributed by atoms with Crippen LogP contribution in [0, 0.1) is 0 Å². The summed E-state index contributed by atoms with van der Waals surface area (Å²) in [7, 11) is 0. The molecule has 0 saturated carbocycles. The number of nitrogens with zero attached hydrogens (tertiary/aromatic N) is 2. The summed E-state index contributed by atoms with van der Waals surface area (Å²) in [5.41, 5.74) is 10.3. The van der Waals surface area contributed by atoms with Crippen LogP contribution in [0.4, 0.5) is 11.4 Å². The molecule has 2 rings (SSSR count). The molecular formula is C50H82N2Ni. The van der Waals surface area contributed by atoms with Crippen LogP contribution < -0.4 is 0 Å². The first kappa shape index (κ1) is 49.0. The first-order chi connectivity index (χ1) is 25.6. The molecule has 302 valence electrons. The molecule has 53 heavy (non-hydrogen) atoms. The van der Waals surface area contributed by atoms with E-state index in [9.17, 15) is 0 Å². The number of allylic oxidation sites excluding steroid dienone is 2. The number of unbranched alkanes of at least 4 members (excludes halogenated alkanes) is 17. The molecule has 0 radical (unpaired) electrons. The fourth-order valence-corrected chi connectivity index (χ4v) is 7.18. The molecular weight excluding hydrogens is 687 g/mol. The maximum Gasteiger partial charge on any atom is 0.0848 e. The van der Waals surface area contributed by atoms with Crippen LogP contribution in [0.2, 0.25) is 0 Å². The molecule has 0 fully saturated rings. The monoisotopic (exact) mass is 769 g/mol. The largest absolute Gasteiger partial charge is 0.251 e. The molecule has 2 nitrogen and oxygen atoms in total. The van der Waals surface area contributed by atoms with Crippen LogP contribution >= 0.6 is 0 Å². The zero-order valence-corrected chi connectivity index (χ0v) is 36.6. The van der Waals surface area contributed by atoms with Crippen molar-refractivity contribution in [3.63, 3.8) is 0 Å². The third-order valence-electron chi connectivity index (χ3n) is 10.4. The van der Waals surface area contributed by atoms with Crippen molar-refractivity contribution < 1.29 is 16.5 Å². The molecule has 0 saturated heterocycles. The number of hydrogen-bond acceptors (Lipinski definition) is 2. The zero-order valence-electron chi connectivity index (χ0n) is 35.6. The average Bonchev–Trinajstić information content (AvgIpc) is 3.14. The van der Waals surface area contributed by atoms with Crippen LogP contribution in [0.5, 0.6) is 0 Å². The van der Waals surface area contributed by atoms with E-state index < -0.39 is 0 Å². The van der Waals surface area contributed by atoms with E-state index in [0.29, 0.717) is 0 Å². The first-order valence-electron chi connectivity index (χ1n) is 22.6. The molecule has 2 aromatic rings. The van der Waals surface area contributed by atoms with Crippen LogP contribution in [0.1, 0.15) is 218 Å². The van der Waals surface area contributed by atoms with Crippen molar-refractivity contribution in [1.29, 1.82) is 0 Å². The van der Waals surface area contributed by atoms with E-state index in [1.54, 1.807) is 0 Å². The Bertz CT molecular complexity index is 1220. The molecule has 0 heterocycles. The molecule has 0 bridgehead atoms. The zero-order chi connectivity index (χ0) is 37.5. The van der Waals surface area contributed by atoms with E-state index in [1.165, 1.54) is 151 Å². The van der Waals surface area contributed by atoms with Gasteiger partial charge in [-0.2, -0.15) is 0 Å². The van der Waals surface area contributed by atoms with Gasteiger partial charge in [-0.1, -0.05) is 162 Å². The summed E-state index contributed by atoms with van der Waals surface area (Å²) in [4.78, 5) is 11.1. The standard InChI is InChI=1S/C50H82N2.Ni/c1-7-13-19-20-21-22-23-24-25-30-36-50(52-48-41-45(33-28-16-10-4)38-46(42-48)34-29-17-11-5)49(35-18-12-6)51-47-39-43(31-26-14-8-2)37-44(40-47)32-27-15-9-3;/h30,36-42H,7-29,31-35H2,1-6H3;. The van der Waals surface area contributed by atoms with Crippen LogP contribution in [-0.2, 0) is 42.2 Å². The summed E-state index contributed by atoms with van der Waals surface area (Å²) >= 11 is 0. The molecule has 0 N–H and O–H groups in total. The van der Waals surface area contributed by atoms with Crippen LogP contribution in [0.3, 0.4) is 0 Å². The van der Waals surface area contributed by atoms with Crippen molar-refractivity contribution in [2.45, 2.75) is 221 Å². The molecule has 0 aliphatic carbocycles. The fourth-order valence-electron chi connectivity index (χ4n) is 7.18. The Morgan fingerprint density at radius 2 is 0.774 bits per heavy atom. The quantitative estimate of drug-likeness (QED) is 0.0402. The van der Waals surface area contributed by atoms with Crippen LogP contribution in [0.25, 0.3) is 0 Å². The minimum Gasteiger partial charge on any atom is -0.251 e. The van der Waals surface area contributed by atoms with Crippen molar-refractivity contribution in [2.24, 2.45) is 9.98 Å². The minimum atomic E-state index is 0. The van der Waals surface area contributed by atoms with Gasteiger partial charge in [-0.25, -0.2) is 4.99 Å². The minimum absolute atomic E-state index is 0. The molecule has 2 aromatic carbocycles. The molecule has 0 unspecified atom stereocenters. The van der Waals surface area contributed by atoms with Gasteiger partial charge in [0.1, 0.15) is 0 Å². The normalized spacial score (nSPS) is 12.2. The molecule has 0 atom stereocenters. The van der Waals surface area contributed by atoms with E-state index in [-0.39, 0.29) is 16.5 Å². The van der Waals surface area contributed by atoms with Gasteiger partial charge in [0.25, 0.3) is 0 Å².